The summed E-state index contributed by atoms with van der Waals surface area (Å²) >= 11 is 1.60. The first-order valence-electron chi connectivity index (χ1n) is 7.76. The number of nitrogens with zero attached hydrogens (tertiary/aromatic N) is 1. The Bertz CT molecular complexity index is 557. The largest absolute Gasteiger partial charge is 0.406 e. The molecule has 0 amide bonds. The molecule has 2 rings (SSSR count). The maximum absolute atomic E-state index is 6.27. The van der Waals surface area contributed by atoms with Crippen LogP contribution in [0.3, 0.4) is 0 Å². The van der Waals surface area contributed by atoms with Crippen molar-refractivity contribution in [2.45, 2.75) is 45.4 Å². The molecule has 2 aromatic rings. The van der Waals surface area contributed by atoms with Crippen LogP contribution in [0.1, 0.15) is 23.6 Å². The topological polar surface area (TPSA) is 40.6 Å². The molecule has 0 fully saturated rings. The Morgan fingerprint density at radius 2 is 1.91 bits per heavy atom. The molecule has 0 spiro atoms. The van der Waals surface area contributed by atoms with Gasteiger partial charge in [0.25, 0.3) is 0 Å². The summed E-state index contributed by atoms with van der Waals surface area (Å²) < 4.78 is 17.7. The van der Waals surface area contributed by atoms with E-state index in [1.807, 2.05) is 42.6 Å². The van der Waals surface area contributed by atoms with Gasteiger partial charge in [-0.2, -0.15) is 0 Å². The van der Waals surface area contributed by atoms with E-state index < -0.39 is 8.32 Å². The molecule has 6 heteroatoms. The Morgan fingerprint density at radius 3 is 2.52 bits per heavy atom. The van der Waals surface area contributed by atoms with E-state index >= 15 is 0 Å². The first kappa shape index (κ1) is 18.3. The summed E-state index contributed by atoms with van der Waals surface area (Å²) in [7, 11) is -1.69. The molecule has 0 aliphatic rings. The van der Waals surface area contributed by atoms with Crippen molar-refractivity contribution in [3.8, 4) is 0 Å². The van der Waals surface area contributed by atoms with E-state index in [1.165, 1.54) is 0 Å². The molecule has 0 radical (unpaired) electrons. The standard InChI is InChI=1S/C17H25NO3SSi/c1-14(20-13-19-12-15-8-6-5-7-9-15)16(21-23(2,3)4)17-18-10-11-22-17/h5-11,14,16H,12-13H2,1-4H3/t14-,16+/m1/s1. The predicted octanol–water partition coefficient (Wildman–Crippen LogP) is 4.62. The Hall–Kier alpha value is -1.05. The Morgan fingerprint density at radius 1 is 1.17 bits per heavy atom. The highest BCUT2D eigenvalue weighted by molar-refractivity contribution is 7.09. The molecule has 0 unspecified atom stereocenters. The second-order valence-electron chi connectivity index (χ2n) is 6.34. The molecule has 0 aliphatic carbocycles. The zero-order valence-corrected chi connectivity index (χ0v) is 16.0. The molecule has 0 aliphatic heterocycles. The second kappa shape index (κ2) is 8.70. The van der Waals surface area contributed by atoms with Crippen LogP contribution in [0.2, 0.25) is 19.6 Å². The van der Waals surface area contributed by atoms with Crippen LogP contribution in [-0.2, 0) is 20.5 Å². The lowest BCUT2D eigenvalue weighted by atomic mass is 10.2. The van der Waals surface area contributed by atoms with Crippen molar-refractivity contribution in [1.29, 1.82) is 0 Å². The van der Waals surface area contributed by atoms with E-state index in [9.17, 15) is 0 Å². The van der Waals surface area contributed by atoms with Crippen LogP contribution in [0.15, 0.2) is 41.9 Å². The third-order valence-corrected chi connectivity index (χ3v) is 4.93. The fourth-order valence-corrected chi connectivity index (χ4v) is 3.99. The second-order valence-corrected chi connectivity index (χ2v) is 11.7. The summed E-state index contributed by atoms with van der Waals surface area (Å²) in [5, 5.41) is 2.93. The fraction of sp³-hybridized carbons (Fsp3) is 0.471. The zero-order valence-electron chi connectivity index (χ0n) is 14.2. The monoisotopic (exact) mass is 351 g/mol. The highest BCUT2D eigenvalue weighted by Crippen LogP contribution is 2.28. The van der Waals surface area contributed by atoms with Gasteiger partial charge in [-0.1, -0.05) is 30.3 Å². The van der Waals surface area contributed by atoms with Crippen molar-refractivity contribution in [3.05, 3.63) is 52.5 Å². The average Bonchev–Trinajstić information content (AvgIpc) is 3.03. The highest BCUT2D eigenvalue weighted by Gasteiger charge is 2.29. The van der Waals surface area contributed by atoms with Gasteiger partial charge in [0, 0.05) is 11.6 Å². The molecule has 0 N–H and O–H groups in total. The number of rotatable bonds is 9. The van der Waals surface area contributed by atoms with Gasteiger partial charge in [-0.25, -0.2) is 4.98 Å². The molecule has 126 valence electrons. The maximum atomic E-state index is 6.27. The number of aromatic nitrogens is 1. The minimum atomic E-state index is -1.69. The number of ether oxygens (including phenoxy) is 2. The van der Waals surface area contributed by atoms with Crippen LogP contribution < -0.4 is 0 Å². The van der Waals surface area contributed by atoms with Crippen molar-refractivity contribution < 1.29 is 13.9 Å². The van der Waals surface area contributed by atoms with Crippen molar-refractivity contribution in [3.63, 3.8) is 0 Å². The van der Waals surface area contributed by atoms with Crippen LogP contribution in [-0.4, -0.2) is 26.2 Å². The van der Waals surface area contributed by atoms with Crippen molar-refractivity contribution in [1.82, 2.24) is 4.98 Å². The molecule has 1 heterocycles. The minimum Gasteiger partial charge on any atom is -0.406 e. The average molecular weight is 352 g/mol. The van der Waals surface area contributed by atoms with Gasteiger partial charge in [-0.3, -0.25) is 0 Å². The number of thiazole rings is 1. The van der Waals surface area contributed by atoms with Crippen molar-refractivity contribution in [2.75, 3.05) is 6.79 Å². The lowest BCUT2D eigenvalue weighted by molar-refractivity contribution is -0.120. The minimum absolute atomic E-state index is 0.108. The predicted molar refractivity (Wildman–Crippen MR) is 95.9 cm³/mol. The van der Waals surface area contributed by atoms with E-state index in [0.29, 0.717) is 6.61 Å². The quantitative estimate of drug-likeness (QED) is 0.376. The third-order valence-electron chi connectivity index (χ3n) is 3.13. The van der Waals surface area contributed by atoms with Crippen LogP contribution in [0.5, 0.6) is 0 Å². The number of benzene rings is 1. The molecule has 0 bridgehead atoms. The van der Waals surface area contributed by atoms with E-state index in [-0.39, 0.29) is 19.0 Å². The normalized spacial score (nSPS) is 14.6. The van der Waals surface area contributed by atoms with Crippen LogP contribution in [0, 0.1) is 0 Å². The van der Waals surface area contributed by atoms with Crippen molar-refractivity contribution in [2.24, 2.45) is 0 Å². The van der Waals surface area contributed by atoms with Gasteiger partial charge in [0.15, 0.2) is 8.32 Å². The van der Waals surface area contributed by atoms with E-state index in [4.69, 9.17) is 13.9 Å². The lowest BCUT2D eigenvalue weighted by Gasteiger charge is -2.29. The van der Waals surface area contributed by atoms with Crippen LogP contribution >= 0.6 is 11.3 Å². The summed E-state index contributed by atoms with van der Waals surface area (Å²) in [5.41, 5.74) is 1.14. The summed E-state index contributed by atoms with van der Waals surface area (Å²) in [5.74, 6) is 0. The summed E-state index contributed by atoms with van der Waals surface area (Å²) in [6.07, 6.45) is 1.56. The van der Waals surface area contributed by atoms with Crippen LogP contribution in [0.4, 0.5) is 0 Å². The first-order chi connectivity index (χ1) is 11.0. The van der Waals surface area contributed by atoms with E-state index in [1.54, 1.807) is 17.5 Å². The molecule has 2 atom stereocenters. The number of hydrogen-bond donors (Lipinski definition) is 0. The van der Waals surface area contributed by atoms with Gasteiger partial charge in [0.1, 0.15) is 17.9 Å². The zero-order chi connectivity index (χ0) is 16.7. The molecule has 4 nitrogen and oxygen atoms in total. The molecule has 0 saturated heterocycles. The van der Waals surface area contributed by atoms with Crippen LogP contribution in [0.25, 0.3) is 0 Å². The molecule has 23 heavy (non-hydrogen) atoms. The van der Waals surface area contributed by atoms with Crippen molar-refractivity contribution >= 4 is 19.7 Å². The molecular weight excluding hydrogens is 326 g/mol. The third kappa shape index (κ3) is 6.53. The molecule has 1 aromatic carbocycles. The maximum Gasteiger partial charge on any atom is 0.184 e. The SMILES string of the molecule is C[C@@H](OCOCc1ccccc1)[C@H](O[Si](C)(C)C)c1nccs1. The van der Waals surface area contributed by atoms with E-state index in [0.717, 1.165) is 10.6 Å². The molecular formula is C17H25NO3SSi. The Kier molecular flexibility index (Phi) is 6.92. The van der Waals surface area contributed by atoms with Gasteiger partial charge in [-0.05, 0) is 32.1 Å². The Balaban J connectivity index is 1.84. The first-order valence-corrected chi connectivity index (χ1v) is 12.0. The van der Waals surface area contributed by atoms with Gasteiger partial charge in [0.05, 0.1) is 12.7 Å². The summed E-state index contributed by atoms with van der Waals surface area (Å²) in [6, 6.07) is 10.1. The summed E-state index contributed by atoms with van der Waals surface area (Å²) in [4.78, 5) is 4.39. The Labute approximate surface area is 143 Å². The lowest BCUT2D eigenvalue weighted by Crippen LogP contribution is -2.33. The molecule has 1 aromatic heterocycles. The number of hydrogen-bond acceptors (Lipinski definition) is 5. The smallest absolute Gasteiger partial charge is 0.184 e. The van der Waals surface area contributed by atoms with Gasteiger partial charge < -0.3 is 13.9 Å². The molecule has 0 saturated carbocycles. The van der Waals surface area contributed by atoms with Gasteiger partial charge >= 0.3 is 0 Å². The summed E-state index contributed by atoms with van der Waals surface area (Å²) in [6.45, 7) is 9.32. The van der Waals surface area contributed by atoms with Gasteiger partial charge in [-0.15, -0.1) is 11.3 Å². The van der Waals surface area contributed by atoms with Gasteiger partial charge in [0.2, 0.25) is 0 Å². The fourth-order valence-electron chi connectivity index (χ4n) is 2.08. The van der Waals surface area contributed by atoms with E-state index in [2.05, 4.69) is 24.6 Å². The highest BCUT2D eigenvalue weighted by atomic mass is 32.1.